The highest BCUT2D eigenvalue weighted by Crippen LogP contribution is 2.32. The van der Waals surface area contributed by atoms with E-state index in [1.54, 1.807) is 12.1 Å². The normalized spacial score (nSPS) is 28.6. The van der Waals surface area contributed by atoms with E-state index in [2.05, 4.69) is 16.7 Å². The van der Waals surface area contributed by atoms with Gasteiger partial charge in [0.05, 0.1) is 13.2 Å². The van der Waals surface area contributed by atoms with Gasteiger partial charge in [0, 0.05) is 23.6 Å². The number of likely N-dealkylation sites (N-methyl/N-ethyl adjacent to an activating group) is 1. The summed E-state index contributed by atoms with van der Waals surface area (Å²) in [7, 11) is 2.08. The Morgan fingerprint density at radius 1 is 1.23 bits per heavy atom. The highest BCUT2D eigenvalue weighted by atomic mass is 19.3. The second kappa shape index (κ2) is 6.30. The van der Waals surface area contributed by atoms with Gasteiger partial charge in [-0.15, -0.1) is 0 Å². The molecule has 2 atom stereocenters. The summed E-state index contributed by atoms with van der Waals surface area (Å²) in [5.74, 6) is 0.116. The lowest BCUT2D eigenvalue weighted by Gasteiger charge is -2.46. The second-order valence-electron chi connectivity index (χ2n) is 5.95. The second-order valence-corrected chi connectivity index (χ2v) is 5.95. The first kappa shape index (κ1) is 15.4. The molecule has 0 aromatic heterocycles. The summed E-state index contributed by atoms with van der Waals surface area (Å²) in [5, 5.41) is 0. The van der Waals surface area contributed by atoms with Gasteiger partial charge in [-0.25, -0.2) is 0 Å². The van der Waals surface area contributed by atoms with E-state index in [4.69, 9.17) is 4.74 Å². The molecular weight excluding hydrogens is 292 g/mol. The number of ketones is 1. The van der Waals surface area contributed by atoms with Crippen molar-refractivity contribution in [2.45, 2.75) is 31.5 Å². The molecule has 0 N–H and O–H groups in total. The largest absolute Gasteiger partial charge is 0.435 e. The van der Waals surface area contributed by atoms with Crippen molar-refractivity contribution < 1.29 is 23.0 Å². The number of Topliss-reactive ketones (excluding diaryl/α,β-unsaturated/α-hetero) is 1. The minimum Gasteiger partial charge on any atom is -0.435 e. The molecule has 22 heavy (non-hydrogen) atoms. The molecule has 3 rings (SSSR count). The van der Waals surface area contributed by atoms with Crippen LogP contribution in [0.1, 0.15) is 23.2 Å². The summed E-state index contributed by atoms with van der Waals surface area (Å²) in [6.07, 6.45) is 1.56. The minimum absolute atomic E-state index is 0.0306. The van der Waals surface area contributed by atoms with E-state index < -0.39 is 6.61 Å². The fraction of sp³-hybridized carbons (Fsp3) is 0.562. The highest BCUT2D eigenvalue weighted by molar-refractivity contribution is 5.98. The molecule has 0 saturated carbocycles. The van der Waals surface area contributed by atoms with Gasteiger partial charge in [0.2, 0.25) is 0 Å². The predicted molar refractivity (Wildman–Crippen MR) is 76.3 cm³/mol. The Kier molecular flexibility index (Phi) is 4.40. The van der Waals surface area contributed by atoms with Gasteiger partial charge < -0.3 is 9.47 Å². The fourth-order valence-electron chi connectivity index (χ4n) is 3.35. The van der Waals surface area contributed by atoms with Crippen LogP contribution in [-0.2, 0) is 4.74 Å². The molecule has 2 unspecified atom stereocenters. The number of hydrogen-bond acceptors (Lipinski definition) is 4. The number of nitrogens with zero attached hydrogens (tertiary/aromatic N) is 1. The van der Waals surface area contributed by atoms with Crippen LogP contribution < -0.4 is 4.74 Å². The van der Waals surface area contributed by atoms with E-state index in [-0.39, 0.29) is 29.5 Å². The van der Waals surface area contributed by atoms with Crippen LogP contribution in [-0.4, -0.2) is 49.6 Å². The zero-order chi connectivity index (χ0) is 15.7. The van der Waals surface area contributed by atoms with E-state index in [9.17, 15) is 13.6 Å². The van der Waals surface area contributed by atoms with Crippen molar-refractivity contribution in [1.29, 1.82) is 0 Å². The zero-order valence-corrected chi connectivity index (χ0v) is 12.4. The number of alkyl halides is 2. The molecule has 0 spiro atoms. The summed E-state index contributed by atoms with van der Waals surface area (Å²) in [6, 6.07) is 6.51. The number of morpholine rings is 1. The lowest BCUT2D eigenvalue weighted by atomic mass is 9.81. The summed E-state index contributed by atoms with van der Waals surface area (Å²) < 4.78 is 34.1. The van der Waals surface area contributed by atoms with Crippen LogP contribution in [0.3, 0.4) is 0 Å². The van der Waals surface area contributed by atoms with Crippen LogP contribution in [0.25, 0.3) is 0 Å². The van der Waals surface area contributed by atoms with Gasteiger partial charge in [0.1, 0.15) is 5.75 Å². The molecule has 2 bridgehead atoms. The molecule has 2 fully saturated rings. The van der Waals surface area contributed by atoms with E-state index in [0.717, 1.165) is 12.8 Å². The quantitative estimate of drug-likeness (QED) is 0.801. The maximum absolute atomic E-state index is 12.6. The Labute approximate surface area is 128 Å². The van der Waals surface area contributed by atoms with Crippen molar-refractivity contribution in [2.75, 3.05) is 20.3 Å². The average Bonchev–Trinajstić information content (AvgIpc) is 2.46. The maximum atomic E-state index is 12.6. The van der Waals surface area contributed by atoms with Crippen molar-refractivity contribution in [3.05, 3.63) is 29.8 Å². The van der Waals surface area contributed by atoms with Gasteiger partial charge in [-0.3, -0.25) is 9.69 Å². The predicted octanol–water partition coefficient (Wildman–Crippen LogP) is 2.58. The minimum atomic E-state index is -2.85. The SMILES string of the molecule is CN1C2COCC1CC(C(=O)c1ccc(OC(F)F)cc1)C2. The monoisotopic (exact) mass is 311 g/mol. The van der Waals surface area contributed by atoms with Crippen LogP contribution in [0, 0.1) is 5.92 Å². The highest BCUT2D eigenvalue weighted by Gasteiger charge is 2.39. The van der Waals surface area contributed by atoms with E-state index in [1.807, 2.05) is 0 Å². The first-order valence-electron chi connectivity index (χ1n) is 7.43. The summed E-state index contributed by atoms with van der Waals surface area (Å²) >= 11 is 0. The summed E-state index contributed by atoms with van der Waals surface area (Å²) in [6.45, 7) is -1.52. The topological polar surface area (TPSA) is 38.8 Å². The zero-order valence-electron chi connectivity index (χ0n) is 12.4. The van der Waals surface area contributed by atoms with Crippen molar-refractivity contribution in [3.8, 4) is 5.75 Å². The lowest BCUT2D eigenvalue weighted by molar-refractivity contribution is -0.0702. The van der Waals surface area contributed by atoms with Crippen LogP contribution in [0.2, 0.25) is 0 Å². The molecule has 2 saturated heterocycles. The van der Waals surface area contributed by atoms with Crippen molar-refractivity contribution in [3.63, 3.8) is 0 Å². The number of benzene rings is 1. The number of rotatable bonds is 4. The average molecular weight is 311 g/mol. The molecule has 0 amide bonds. The molecule has 2 aliphatic heterocycles. The number of carbonyl (C=O) groups is 1. The van der Waals surface area contributed by atoms with Gasteiger partial charge in [-0.05, 0) is 44.2 Å². The molecule has 2 heterocycles. The first-order chi connectivity index (χ1) is 10.5. The Hall–Kier alpha value is -1.53. The van der Waals surface area contributed by atoms with Crippen LogP contribution in [0.15, 0.2) is 24.3 Å². The molecule has 1 aromatic carbocycles. The van der Waals surface area contributed by atoms with Crippen molar-refractivity contribution in [1.82, 2.24) is 4.90 Å². The van der Waals surface area contributed by atoms with Gasteiger partial charge in [0.25, 0.3) is 0 Å². The molecule has 4 nitrogen and oxygen atoms in total. The molecule has 120 valence electrons. The number of piperidine rings is 1. The smallest absolute Gasteiger partial charge is 0.387 e. The van der Waals surface area contributed by atoms with Crippen LogP contribution >= 0.6 is 0 Å². The Morgan fingerprint density at radius 2 is 1.82 bits per heavy atom. The molecule has 2 aliphatic rings. The van der Waals surface area contributed by atoms with Gasteiger partial charge in [-0.2, -0.15) is 8.78 Å². The third kappa shape index (κ3) is 3.13. The van der Waals surface area contributed by atoms with Gasteiger partial charge in [-0.1, -0.05) is 0 Å². The Morgan fingerprint density at radius 3 is 2.36 bits per heavy atom. The number of halogens is 2. The van der Waals surface area contributed by atoms with Crippen LogP contribution in [0.5, 0.6) is 5.75 Å². The van der Waals surface area contributed by atoms with Gasteiger partial charge >= 0.3 is 6.61 Å². The lowest BCUT2D eigenvalue weighted by Crippen LogP contribution is -2.55. The van der Waals surface area contributed by atoms with E-state index in [1.165, 1.54) is 12.1 Å². The number of fused-ring (bicyclic) bond motifs is 2. The molecule has 0 aliphatic carbocycles. The third-order valence-corrected chi connectivity index (χ3v) is 4.62. The standard InChI is InChI=1S/C16H19F2NO3/c1-19-12-6-11(7-13(19)9-21-8-12)15(20)10-2-4-14(5-3-10)22-16(17)18/h2-5,11-13,16H,6-9H2,1H3. The van der Waals surface area contributed by atoms with E-state index in [0.29, 0.717) is 18.8 Å². The van der Waals surface area contributed by atoms with E-state index >= 15 is 0 Å². The number of hydrogen-bond donors (Lipinski definition) is 0. The van der Waals surface area contributed by atoms with Gasteiger partial charge in [0.15, 0.2) is 5.78 Å². The fourth-order valence-corrected chi connectivity index (χ4v) is 3.35. The van der Waals surface area contributed by atoms with Crippen molar-refractivity contribution in [2.24, 2.45) is 5.92 Å². The summed E-state index contributed by atoms with van der Waals surface area (Å²) in [4.78, 5) is 14.9. The third-order valence-electron chi connectivity index (χ3n) is 4.62. The Balaban J connectivity index is 1.69. The molecule has 1 aromatic rings. The molecule has 0 radical (unpaired) electrons. The molecule has 6 heteroatoms. The maximum Gasteiger partial charge on any atom is 0.387 e. The number of ether oxygens (including phenoxy) is 2. The van der Waals surface area contributed by atoms with Crippen molar-refractivity contribution >= 4 is 5.78 Å². The van der Waals surface area contributed by atoms with Crippen LogP contribution in [0.4, 0.5) is 8.78 Å². The Bertz CT molecular complexity index is 521. The summed E-state index contributed by atoms with van der Waals surface area (Å²) in [5.41, 5.74) is 0.551. The first-order valence-corrected chi connectivity index (χ1v) is 7.43. The number of carbonyl (C=O) groups excluding carboxylic acids is 1. The molecular formula is C16H19F2NO3.